The second kappa shape index (κ2) is 5.92. The summed E-state index contributed by atoms with van der Waals surface area (Å²) in [5, 5.41) is 9.58. The Morgan fingerprint density at radius 2 is 2.18 bits per heavy atom. The van der Waals surface area contributed by atoms with E-state index in [0.717, 1.165) is 0 Å². The van der Waals surface area contributed by atoms with E-state index >= 15 is 0 Å². The van der Waals surface area contributed by atoms with Crippen molar-refractivity contribution < 1.29 is 17.6 Å². The van der Waals surface area contributed by atoms with Crippen molar-refractivity contribution in [3.05, 3.63) is 11.9 Å². The van der Waals surface area contributed by atoms with Gasteiger partial charge in [0, 0.05) is 19.3 Å². The SMILES string of the molecule is NCc1cn(CCNCC(F)(F)C(F)F)nn1. The summed E-state index contributed by atoms with van der Waals surface area (Å²) < 4.78 is 49.9. The average Bonchev–Trinajstić information content (AvgIpc) is 2.72. The summed E-state index contributed by atoms with van der Waals surface area (Å²) >= 11 is 0. The van der Waals surface area contributed by atoms with Crippen LogP contribution in [0.5, 0.6) is 0 Å². The molecule has 0 aliphatic heterocycles. The fourth-order valence-corrected chi connectivity index (χ4v) is 1.07. The van der Waals surface area contributed by atoms with Gasteiger partial charge in [-0.2, -0.15) is 8.78 Å². The lowest BCUT2D eigenvalue weighted by molar-refractivity contribution is -0.125. The molecule has 0 aliphatic carbocycles. The first-order valence-corrected chi connectivity index (χ1v) is 4.91. The molecule has 0 amide bonds. The number of nitrogens with zero attached hydrogens (tertiary/aromatic N) is 3. The summed E-state index contributed by atoms with van der Waals surface area (Å²) in [5.41, 5.74) is 5.87. The quantitative estimate of drug-likeness (QED) is 0.540. The number of hydrogen-bond acceptors (Lipinski definition) is 4. The molecule has 0 unspecified atom stereocenters. The highest BCUT2D eigenvalue weighted by atomic mass is 19.3. The third kappa shape index (κ3) is 4.27. The van der Waals surface area contributed by atoms with Crippen LogP contribution in [-0.4, -0.2) is 40.4 Å². The van der Waals surface area contributed by atoms with Crippen LogP contribution in [0.25, 0.3) is 0 Å². The summed E-state index contributed by atoms with van der Waals surface area (Å²) in [7, 11) is 0. The molecular formula is C8H13F4N5. The van der Waals surface area contributed by atoms with E-state index in [4.69, 9.17) is 5.73 Å². The van der Waals surface area contributed by atoms with E-state index < -0.39 is 18.9 Å². The number of aromatic nitrogens is 3. The molecule has 0 saturated carbocycles. The standard InChI is InChI=1S/C8H13F4N5/c9-7(10)8(11,12)5-14-1-2-17-4-6(3-13)15-16-17/h4,7,14H,1-3,5,13H2. The highest BCUT2D eigenvalue weighted by molar-refractivity contribution is 4.90. The molecule has 17 heavy (non-hydrogen) atoms. The van der Waals surface area contributed by atoms with Crippen LogP contribution in [0.15, 0.2) is 6.20 Å². The molecule has 1 rings (SSSR count). The smallest absolute Gasteiger partial charge is 0.319 e. The van der Waals surface area contributed by atoms with Gasteiger partial charge in [-0.3, -0.25) is 4.68 Å². The van der Waals surface area contributed by atoms with Gasteiger partial charge in [0.05, 0.1) is 18.8 Å². The zero-order valence-electron chi connectivity index (χ0n) is 8.91. The summed E-state index contributed by atoms with van der Waals surface area (Å²) in [6.45, 7) is -0.484. The molecule has 0 spiro atoms. The Labute approximate surface area is 95.0 Å². The van der Waals surface area contributed by atoms with Crippen LogP contribution in [0.3, 0.4) is 0 Å². The second-order valence-electron chi connectivity index (χ2n) is 3.42. The van der Waals surface area contributed by atoms with Crippen LogP contribution in [-0.2, 0) is 13.1 Å². The Hall–Kier alpha value is -1.22. The zero-order chi connectivity index (χ0) is 12.9. The van der Waals surface area contributed by atoms with Crippen molar-refractivity contribution in [2.24, 2.45) is 5.73 Å². The summed E-state index contributed by atoms with van der Waals surface area (Å²) in [6.07, 6.45) is -2.10. The molecule has 5 nitrogen and oxygen atoms in total. The van der Waals surface area contributed by atoms with E-state index in [-0.39, 0.29) is 19.6 Å². The van der Waals surface area contributed by atoms with Crippen LogP contribution < -0.4 is 11.1 Å². The van der Waals surface area contributed by atoms with Gasteiger partial charge >= 0.3 is 12.3 Å². The lowest BCUT2D eigenvalue weighted by atomic mass is 10.3. The maximum Gasteiger partial charge on any atom is 0.319 e. The first-order valence-electron chi connectivity index (χ1n) is 4.91. The number of rotatable bonds is 7. The zero-order valence-corrected chi connectivity index (χ0v) is 8.91. The monoisotopic (exact) mass is 255 g/mol. The maximum atomic E-state index is 12.5. The van der Waals surface area contributed by atoms with Gasteiger partial charge in [-0.25, -0.2) is 8.78 Å². The van der Waals surface area contributed by atoms with E-state index in [1.165, 1.54) is 4.68 Å². The molecule has 0 aromatic carbocycles. The van der Waals surface area contributed by atoms with Gasteiger partial charge in [-0.1, -0.05) is 5.21 Å². The predicted octanol–water partition coefficient (Wildman–Crippen LogP) is 0.227. The molecule has 0 radical (unpaired) electrons. The summed E-state index contributed by atoms with van der Waals surface area (Å²) in [5.74, 6) is -4.01. The van der Waals surface area contributed by atoms with Crippen molar-refractivity contribution in [3.63, 3.8) is 0 Å². The largest absolute Gasteiger partial charge is 0.325 e. The minimum atomic E-state index is -4.01. The van der Waals surface area contributed by atoms with Crippen LogP contribution in [0.2, 0.25) is 0 Å². The fraction of sp³-hybridized carbons (Fsp3) is 0.750. The Morgan fingerprint density at radius 3 is 2.71 bits per heavy atom. The van der Waals surface area contributed by atoms with Crippen molar-refractivity contribution in [2.75, 3.05) is 13.1 Å². The van der Waals surface area contributed by atoms with Crippen molar-refractivity contribution in [1.82, 2.24) is 20.3 Å². The third-order valence-electron chi connectivity index (χ3n) is 1.99. The van der Waals surface area contributed by atoms with Gasteiger partial charge in [0.25, 0.3) is 0 Å². The van der Waals surface area contributed by atoms with E-state index in [1.54, 1.807) is 6.20 Å². The molecular weight excluding hydrogens is 242 g/mol. The lowest BCUT2D eigenvalue weighted by Crippen LogP contribution is -2.39. The Balaban J connectivity index is 2.24. The highest BCUT2D eigenvalue weighted by Gasteiger charge is 2.39. The van der Waals surface area contributed by atoms with E-state index in [9.17, 15) is 17.6 Å². The first kappa shape index (κ1) is 13.8. The molecule has 1 aromatic heterocycles. The van der Waals surface area contributed by atoms with Crippen LogP contribution >= 0.6 is 0 Å². The van der Waals surface area contributed by atoms with Crippen molar-refractivity contribution in [3.8, 4) is 0 Å². The number of halogens is 4. The van der Waals surface area contributed by atoms with Crippen molar-refractivity contribution in [1.29, 1.82) is 0 Å². The van der Waals surface area contributed by atoms with E-state index in [2.05, 4.69) is 15.6 Å². The predicted molar refractivity (Wildman–Crippen MR) is 51.7 cm³/mol. The molecule has 0 fully saturated rings. The molecule has 1 heterocycles. The molecule has 0 bridgehead atoms. The minimum Gasteiger partial charge on any atom is -0.325 e. The van der Waals surface area contributed by atoms with E-state index in [1.807, 2.05) is 0 Å². The van der Waals surface area contributed by atoms with Crippen LogP contribution in [0, 0.1) is 0 Å². The maximum absolute atomic E-state index is 12.5. The number of alkyl halides is 4. The van der Waals surface area contributed by atoms with Gasteiger partial charge in [0.1, 0.15) is 0 Å². The van der Waals surface area contributed by atoms with E-state index in [0.29, 0.717) is 5.69 Å². The van der Waals surface area contributed by atoms with Gasteiger partial charge in [0.2, 0.25) is 0 Å². The van der Waals surface area contributed by atoms with Crippen molar-refractivity contribution in [2.45, 2.75) is 25.4 Å². The molecule has 0 saturated heterocycles. The van der Waals surface area contributed by atoms with Gasteiger partial charge in [-0.05, 0) is 0 Å². The molecule has 9 heteroatoms. The normalized spacial score (nSPS) is 12.4. The highest BCUT2D eigenvalue weighted by Crippen LogP contribution is 2.21. The second-order valence-corrected chi connectivity index (χ2v) is 3.42. The van der Waals surface area contributed by atoms with Gasteiger partial charge < -0.3 is 11.1 Å². The van der Waals surface area contributed by atoms with Crippen LogP contribution in [0.1, 0.15) is 5.69 Å². The van der Waals surface area contributed by atoms with Crippen molar-refractivity contribution >= 4 is 0 Å². The summed E-state index contributed by atoms with van der Waals surface area (Å²) in [4.78, 5) is 0. The molecule has 3 N–H and O–H groups in total. The lowest BCUT2D eigenvalue weighted by Gasteiger charge is -2.15. The molecule has 98 valence electrons. The Morgan fingerprint density at radius 1 is 1.47 bits per heavy atom. The molecule has 0 aliphatic rings. The average molecular weight is 255 g/mol. The first-order chi connectivity index (χ1) is 7.95. The minimum absolute atomic E-state index is 0.0929. The molecule has 0 atom stereocenters. The van der Waals surface area contributed by atoms with Gasteiger partial charge in [-0.15, -0.1) is 5.10 Å². The third-order valence-corrected chi connectivity index (χ3v) is 1.99. The number of nitrogens with one attached hydrogen (secondary N) is 1. The topological polar surface area (TPSA) is 68.8 Å². The Kier molecular flexibility index (Phi) is 4.82. The Bertz CT molecular complexity index is 340. The number of hydrogen-bond donors (Lipinski definition) is 2. The molecule has 1 aromatic rings. The fourth-order valence-electron chi connectivity index (χ4n) is 1.07. The summed E-state index contributed by atoms with van der Waals surface area (Å²) in [6, 6.07) is 0. The van der Waals surface area contributed by atoms with Gasteiger partial charge in [0.15, 0.2) is 0 Å². The number of nitrogens with two attached hydrogens (primary N) is 1. The van der Waals surface area contributed by atoms with Crippen LogP contribution in [0.4, 0.5) is 17.6 Å².